The minimum absolute atomic E-state index is 0.0366. The summed E-state index contributed by atoms with van der Waals surface area (Å²) in [7, 11) is 1.75. The smallest absolute Gasteiger partial charge is 0.253 e. The van der Waals surface area contributed by atoms with Gasteiger partial charge in [-0.15, -0.1) is 0 Å². The highest BCUT2D eigenvalue weighted by molar-refractivity contribution is 6.06. The Morgan fingerprint density at radius 1 is 1.19 bits per heavy atom. The minimum atomic E-state index is -0.588. The van der Waals surface area contributed by atoms with E-state index in [-0.39, 0.29) is 32.8 Å². The van der Waals surface area contributed by atoms with Gasteiger partial charge in [-0.05, 0) is 19.2 Å². The number of hydrogen-bond acceptors (Lipinski definition) is 7. The summed E-state index contributed by atoms with van der Waals surface area (Å²) in [5.74, 6) is -0.888. The maximum atomic E-state index is 12.4. The lowest BCUT2D eigenvalue weighted by Gasteiger charge is -2.09. The number of likely N-dealkylation sites (N-methyl/N-ethyl adjacent to an activating group) is 1. The van der Waals surface area contributed by atoms with Crippen molar-refractivity contribution in [3.63, 3.8) is 0 Å². The summed E-state index contributed by atoms with van der Waals surface area (Å²) >= 11 is 0. The molecule has 1 amide bonds. The highest BCUT2D eigenvalue weighted by Gasteiger charge is 2.16. The van der Waals surface area contributed by atoms with Crippen molar-refractivity contribution in [3.8, 4) is 5.75 Å². The summed E-state index contributed by atoms with van der Waals surface area (Å²) in [6.07, 6.45) is 0.600. The first kappa shape index (κ1) is 17.4. The van der Waals surface area contributed by atoms with E-state index in [2.05, 4.69) is 20.6 Å². The lowest BCUT2D eigenvalue weighted by atomic mass is 10.1. The van der Waals surface area contributed by atoms with Crippen LogP contribution in [0.5, 0.6) is 5.75 Å². The van der Waals surface area contributed by atoms with Crippen molar-refractivity contribution in [1.82, 2.24) is 20.6 Å². The lowest BCUT2D eigenvalue weighted by Crippen LogP contribution is -2.31. The summed E-state index contributed by atoms with van der Waals surface area (Å²) in [6.45, 7) is 0.940. The third-order valence-corrected chi connectivity index (χ3v) is 3.93. The first-order valence-electron chi connectivity index (χ1n) is 7.78. The van der Waals surface area contributed by atoms with E-state index < -0.39 is 22.5 Å². The van der Waals surface area contributed by atoms with Crippen molar-refractivity contribution in [3.05, 3.63) is 49.4 Å². The summed E-state index contributed by atoms with van der Waals surface area (Å²) in [4.78, 5) is 43.6. The van der Waals surface area contributed by atoms with Gasteiger partial charge >= 0.3 is 0 Å². The molecule has 9 heteroatoms. The number of fused-ring (bicyclic) bond motifs is 2. The maximum Gasteiger partial charge on any atom is 0.253 e. The second kappa shape index (κ2) is 6.81. The summed E-state index contributed by atoms with van der Waals surface area (Å²) in [5, 5.41) is 24.6. The van der Waals surface area contributed by atoms with Crippen molar-refractivity contribution in [2.45, 2.75) is 0 Å². The van der Waals surface area contributed by atoms with Gasteiger partial charge in [0.05, 0.1) is 22.6 Å². The molecule has 134 valence electrons. The van der Waals surface area contributed by atoms with Gasteiger partial charge in [-0.2, -0.15) is 0 Å². The number of aromatic hydroxyl groups is 1. The molecule has 1 heterocycles. The number of aromatic amines is 1. The molecule has 0 saturated heterocycles. The van der Waals surface area contributed by atoms with Crippen LogP contribution >= 0.6 is 0 Å². The highest BCUT2D eigenvalue weighted by Crippen LogP contribution is 2.15. The zero-order chi connectivity index (χ0) is 18.8. The number of aliphatic hydroxyl groups is 1. The number of carbonyl (C=O) groups is 1. The quantitative estimate of drug-likeness (QED) is 0.301. The summed E-state index contributed by atoms with van der Waals surface area (Å²) in [6, 6.07) is 3.47. The van der Waals surface area contributed by atoms with Crippen molar-refractivity contribution < 1.29 is 15.0 Å². The van der Waals surface area contributed by atoms with Crippen LogP contribution in [0.2, 0.25) is 0 Å². The van der Waals surface area contributed by atoms with Gasteiger partial charge in [-0.1, -0.05) is 0 Å². The van der Waals surface area contributed by atoms with E-state index in [0.717, 1.165) is 6.07 Å². The second-order valence-electron chi connectivity index (χ2n) is 5.59. The van der Waals surface area contributed by atoms with E-state index in [0.29, 0.717) is 19.4 Å². The number of aromatic nitrogens is 2. The van der Waals surface area contributed by atoms with Gasteiger partial charge in [0, 0.05) is 19.2 Å². The first-order chi connectivity index (χ1) is 12.5. The third kappa shape index (κ3) is 2.84. The van der Waals surface area contributed by atoms with Crippen LogP contribution in [-0.2, 0) is 0 Å². The third-order valence-electron chi connectivity index (χ3n) is 3.93. The molecular formula is C17H16N4O5. The van der Waals surface area contributed by atoms with Crippen LogP contribution in [-0.4, -0.2) is 46.2 Å². The fraction of sp³-hybridized carbons (Fsp3) is 0.176. The fourth-order valence-electron chi connectivity index (χ4n) is 2.64. The van der Waals surface area contributed by atoms with Crippen LogP contribution in [0.1, 0.15) is 10.4 Å². The molecule has 9 nitrogen and oxygen atoms in total. The van der Waals surface area contributed by atoms with E-state index >= 15 is 0 Å². The molecule has 0 unspecified atom stereocenters. The number of phenols is 1. The van der Waals surface area contributed by atoms with Crippen molar-refractivity contribution in [2.75, 3.05) is 20.1 Å². The number of hydrogen-bond donors (Lipinski definition) is 5. The molecule has 1 aromatic heterocycles. The number of H-pyrrole nitrogens is 1. The zero-order valence-corrected chi connectivity index (χ0v) is 13.8. The predicted molar refractivity (Wildman–Crippen MR) is 96.4 cm³/mol. The van der Waals surface area contributed by atoms with Gasteiger partial charge in [-0.25, -0.2) is 4.98 Å². The monoisotopic (exact) mass is 356 g/mol. The number of phenolic OH excluding ortho intramolecular Hbond substituents is 1. The van der Waals surface area contributed by atoms with Crippen molar-refractivity contribution >= 4 is 34.2 Å². The topological polar surface area (TPSA) is 144 Å². The average Bonchev–Trinajstić information content (AvgIpc) is 2.61. The van der Waals surface area contributed by atoms with Crippen molar-refractivity contribution in [1.29, 1.82) is 0 Å². The van der Waals surface area contributed by atoms with Crippen LogP contribution in [0, 0.1) is 0 Å². The number of benzene rings is 2. The van der Waals surface area contributed by atoms with Gasteiger partial charge in [0.2, 0.25) is 10.9 Å². The number of nitrogens with zero attached hydrogens (tertiary/aromatic N) is 1. The molecule has 0 saturated carbocycles. The standard InChI is InChI=1S/C17H16N4O5/c1-18-4-5-19-17(26)8-2-3-10(23)15-13(8)20-16-12(25)6-11(24)9(7-22)14(16)21-15/h2-3,6-7,18,20,22,24H,4-5H2,1H3,(H,19,26)/b9-7-. The Morgan fingerprint density at radius 2 is 1.96 bits per heavy atom. The van der Waals surface area contributed by atoms with Crippen LogP contribution in [0.15, 0.2) is 27.8 Å². The molecule has 0 atom stereocenters. The molecule has 0 spiro atoms. The first-order valence-corrected chi connectivity index (χ1v) is 7.78. The number of carbonyl (C=O) groups excluding carboxylic acids is 1. The Labute approximate surface area is 146 Å². The molecule has 0 aliphatic rings. The number of rotatable bonds is 4. The van der Waals surface area contributed by atoms with Crippen molar-refractivity contribution in [2.24, 2.45) is 0 Å². The SMILES string of the molecule is CNCCNC(=O)c1ccc(=O)c2nc3/c(=C\O)c(O)cc(=O)c3[nH]c12. The molecule has 3 aromatic rings. The Balaban J connectivity index is 2.33. The Bertz CT molecular complexity index is 1190. The van der Waals surface area contributed by atoms with Gasteiger partial charge in [-0.3, -0.25) is 14.4 Å². The lowest BCUT2D eigenvalue weighted by molar-refractivity contribution is 0.0955. The molecule has 5 N–H and O–H groups in total. The average molecular weight is 356 g/mol. The second-order valence-corrected chi connectivity index (χ2v) is 5.59. The van der Waals surface area contributed by atoms with Crippen LogP contribution in [0.4, 0.5) is 0 Å². The van der Waals surface area contributed by atoms with Gasteiger partial charge in [0.25, 0.3) is 5.91 Å². The molecule has 0 aliphatic heterocycles. The molecule has 3 rings (SSSR count). The summed E-state index contributed by atoms with van der Waals surface area (Å²) < 4.78 is 0. The zero-order valence-electron chi connectivity index (χ0n) is 13.8. The number of nitrogens with one attached hydrogen (secondary N) is 3. The molecule has 0 aliphatic carbocycles. The molecule has 0 fully saturated rings. The molecule has 2 aromatic carbocycles. The Morgan fingerprint density at radius 3 is 2.65 bits per heavy atom. The molecule has 0 radical (unpaired) electrons. The largest absolute Gasteiger partial charge is 0.515 e. The van der Waals surface area contributed by atoms with Gasteiger partial charge < -0.3 is 25.8 Å². The number of amides is 1. The Kier molecular flexibility index (Phi) is 4.55. The van der Waals surface area contributed by atoms with Crippen LogP contribution in [0.25, 0.3) is 28.3 Å². The van der Waals surface area contributed by atoms with E-state index in [1.807, 2.05) is 0 Å². The molecule has 0 bridgehead atoms. The fourth-order valence-corrected chi connectivity index (χ4v) is 2.64. The van der Waals surface area contributed by atoms with Crippen LogP contribution < -0.4 is 26.7 Å². The minimum Gasteiger partial charge on any atom is -0.515 e. The Hall–Kier alpha value is -3.46. The molecular weight excluding hydrogens is 340 g/mol. The van der Waals surface area contributed by atoms with Gasteiger partial charge in [0.15, 0.2) is 0 Å². The predicted octanol–water partition coefficient (Wildman–Crippen LogP) is -0.894. The normalized spacial score (nSPS) is 12.0. The van der Waals surface area contributed by atoms with Crippen LogP contribution in [0.3, 0.4) is 0 Å². The maximum absolute atomic E-state index is 12.4. The van der Waals surface area contributed by atoms with E-state index in [4.69, 9.17) is 0 Å². The van der Waals surface area contributed by atoms with E-state index in [1.54, 1.807) is 7.05 Å². The van der Waals surface area contributed by atoms with E-state index in [1.165, 1.54) is 12.1 Å². The van der Waals surface area contributed by atoms with Gasteiger partial charge in [0.1, 0.15) is 22.3 Å². The van der Waals surface area contributed by atoms with E-state index in [9.17, 15) is 24.6 Å². The highest BCUT2D eigenvalue weighted by atomic mass is 16.3. The number of aliphatic hydroxyl groups excluding tert-OH is 1. The molecule has 26 heavy (non-hydrogen) atoms. The summed E-state index contributed by atoms with van der Waals surface area (Å²) in [5.41, 5.74) is -0.960.